The monoisotopic (exact) mass is 221 g/mol. The molecule has 0 spiro atoms. The molecule has 0 fully saturated rings. The van der Waals surface area contributed by atoms with Gasteiger partial charge in [-0.1, -0.05) is 0 Å². The molecule has 0 amide bonds. The fourth-order valence-electron chi connectivity index (χ4n) is 1.05. The molecule has 72 valence electrons. The van der Waals surface area contributed by atoms with Crippen LogP contribution in [0.3, 0.4) is 0 Å². The highest BCUT2D eigenvalue weighted by Gasteiger charge is 1.98. The van der Waals surface area contributed by atoms with Crippen molar-refractivity contribution < 1.29 is 0 Å². The Labute approximate surface area is 86.3 Å². The SMILES string of the molecule is Cl.Cl.Nc1ccc2c(=O)[nH][nH]c2c1. The van der Waals surface area contributed by atoms with E-state index in [1.807, 2.05) is 0 Å². The van der Waals surface area contributed by atoms with Crippen molar-refractivity contribution in [2.45, 2.75) is 0 Å². The predicted molar refractivity (Wildman–Crippen MR) is 57.8 cm³/mol. The lowest BCUT2D eigenvalue weighted by Crippen LogP contribution is -1.96. The van der Waals surface area contributed by atoms with E-state index in [1.165, 1.54) is 0 Å². The molecule has 0 radical (unpaired) electrons. The third-order valence-electron chi connectivity index (χ3n) is 1.60. The third kappa shape index (κ3) is 1.96. The third-order valence-corrected chi connectivity index (χ3v) is 1.60. The molecule has 4 nitrogen and oxygen atoms in total. The van der Waals surface area contributed by atoms with Crippen molar-refractivity contribution in [1.82, 2.24) is 10.2 Å². The average molecular weight is 222 g/mol. The molecule has 0 bridgehead atoms. The highest BCUT2D eigenvalue weighted by molar-refractivity contribution is 5.85. The largest absolute Gasteiger partial charge is 0.399 e. The number of nitrogen functional groups attached to an aromatic ring is 1. The van der Waals surface area contributed by atoms with Gasteiger partial charge in [0.15, 0.2) is 0 Å². The van der Waals surface area contributed by atoms with Crippen LogP contribution >= 0.6 is 24.8 Å². The molecule has 0 aliphatic carbocycles. The molecule has 2 aromatic rings. The molecule has 0 aliphatic rings. The van der Waals surface area contributed by atoms with Gasteiger partial charge in [-0.15, -0.1) is 24.8 Å². The van der Waals surface area contributed by atoms with Crippen LogP contribution in [0.5, 0.6) is 0 Å². The van der Waals surface area contributed by atoms with Crippen LogP contribution < -0.4 is 11.3 Å². The molecular weight excluding hydrogens is 213 g/mol. The van der Waals surface area contributed by atoms with Crippen molar-refractivity contribution in [3.63, 3.8) is 0 Å². The van der Waals surface area contributed by atoms with Gasteiger partial charge in [0.2, 0.25) is 0 Å². The lowest BCUT2D eigenvalue weighted by molar-refractivity contribution is 1.08. The molecule has 1 heterocycles. The standard InChI is InChI=1S/C7H7N3O.2ClH/c8-4-1-2-5-6(3-4)9-10-7(5)11;;/h1-3H,8H2,(H2,9,10,11);2*1H. The summed E-state index contributed by atoms with van der Waals surface area (Å²) in [6.45, 7) is 0. The summed E-state index contributed by atoms with van der Waals surface area (Å²) in [5.41, 5.74) is 6.78. The van der Waals surface area contributed by atoms with Gasteiger partial charge in [-0.3, -0.25) is 15.0 Å². The maximum atomic E-state index is 11.0. The van der Waals surface area contributed by atoms with Gasteiger partial charge < -0.3 is 5.73 Å². The van der Waals surface area contributed by atoms with Crippen molar-refractivity contribution in [1.29, 1.82) is 0 Å². The average Bonchev–Trinajstić information content (AvgIpc) is 2.32. The number of aromatic nitrogens is 2. The van der Waals surface area contributed by atoms with E-state index in [1.54, 1.807) is 18.2 Å². The van der Waals surface area contributed by atoms with Crippen LogP contribution in [0.15, 0.2) is 23.0 Å². The number of hydrogen-bond acceptors (Lipinski definition) is 2. The minimum Gasteiger partial charge on any atom is -0.399 e. The van der Waals surface area contributed by atoms with Crippen molar-refractivity contribution in [2.24, 2.45) is 0 Å². The van der Waals surface area contributed by atoms with Gasteiger partial charge in [0.1, 0.15) is 0 Å². The minimum absolute atomic E-state index is 0. The van der Waals surface area contributed by atoms with E-state index in [2.05, 4.69) is 10.2 Å². The molecule has 0 saturated heterocycles. The predicted octanol–water partition coefficient (Wildman–Crippen LogP) is 1.28. The number of nitrogens with two attached hydrogens (primary N) is 1. The Morgan fingerprint density at radius 1 is 1.15 bits per heavy atom. The number of hydrogen-bond donors (Lipinski definition) is 3. The Morgan fingerprint density at radius 3 is 2.54 bits per heavy atom. The maximum Gasteiger partial charge on any atom is 0.271 e. The Kier molecular flexibility index (Phi) is 3.84. The van der Waals surface area contributed by atoms with Crippen LogP contribution in [0, 0.1) is 0 Å². The van der Waals surface area contributed by atoms with Crippen LogP contribution in [0.1, 0.15) is 0 Å². The number of fused-ring (bicyclic) bond motifs is 1. The highest BCUT2D eigenvalue weighted by Crippen LogP contribution is 2.09. The Balaban J connectivity index is 0.000000720. The second kappa shape index (κ2) is 4.20. The fraction of sp³-hybridized carbons (Fsp3) is 0. The summed E-state index contributed by atoms with van der Waals surface area (Å²) in [7, 11) is 0. The molecule has 6 heteroatoms. The van der Waals surface area contributed by atoms with Gasteiger partial charge in [0, 0.05) is 5.69 Å². The first-order valence-corrected chi connectivity index (χ1v) is 3.23. The highest BCUT2D eigenvalue weighted by atomic mass is 35.5. The zero-order valence-electron chi connectivity index (χ0n) is 6.53. The number of nitrogens with one attached hydrogen (secondary N) is 2. The Morgan fingerprint density at radius 2 is 1.85 bits per heavy atom. The van der Waals surface area contributed by atoms with Crippen LogP contribution in [0.2, 0.25) is 0 Å². The first-order chi connectivity index (χ1) is 5.27. The number of anilines is 1. The van der Waals surface area contributed by atoms with Crippen LogP contribution in [-0.2, 0) is 0 Å². The van der Waals surface area contributed by atoms with E-state index in [-0.39, 0.29) is 30.4 Å². The summed E-state index contributed by atoms with van der Waals surface area (Å²) >= 11 is 0. The molecule has 13 heavy (non-hydrogen) atoms. The summed E-state index contributed by atoms with van der Waals surface area (Å²) in [5, 5.41) is 5.82. The topological polar surface area (TPSA) is 74.7 Å². The Hall–Kier alpha value is -1.13. The molecule has 0 atom stereocenters. The lowest BCUT2D eigenvalue weighted by Gasteiger charge is -1.89. The van der Waals surface area contributed by atoms with Crippen LogP contribution in [0.4, 0.5) is 5.69 Å². The molecule has 1 aromatic heterocycles. The van der Waals surface area contributed by atoms with Gasteiger partial charge >= 0.3 is 0 Å². The van der Waals surface area contributed by atoms with Crippen molar-refractivity contribution in [3.8, 4) is 0 Å². The van der Waals surface area contributed by atoms with Gasteiger partial charge in [0.25, 0.3) is 5.56 Å². The summed E-state index contributed by atoms with van der Waals surface area (Å²) < 4.78 is 0. The fourth-order valence-corrected chi connectivity index (χ4v) is 1.05. The molecule has 0 saturated carbocycles. The summed E-state index contributed by atoms with van der Waals surface area (Å²) in [6, 6.07) is 5.11. The van der Waals surface area contributed by atoms with Crippen LogP contribution in [0.25, 0.3) is 10.9 Å². The van der Waals surface area contributed by atoms with Crippen molar-refractivity contribution in [2.75, 3.05) is 5.73 Å². The van der Waals surface area contributed by atoms with Crippen LogP contribution in [-0.4, -0.2) is 10.2 Å². The van der Waals surface area contributed by atoms with Gasteiger partial charge in [0.05, 0.1) is 10.9 Å². The first-order valence-electron chi connectivity index (χ1n) is 3.23. The number of H-pyrrole nitrogens is 2. The zero-order valence-corrected chi connectivity index (χ0v) is 8.17. The van der Waals surface area contributed by atoms with E-state index < -0.39 is 0 Å². The molecular formula is C7H9Cl2N3O. The first kappa shape index (κ1) is 11.9. The summed E-state index contributed by atoms with van der Waals surface area (Å²) in [4.78, 5) is 11.0. The molecule has 0 aliphatic heterocycles. The second-order valence-electron chi connectivity index (χ2n) is 2.38. The van der Waals surface area contributed by atoms with Crippen molar-refractivity contribution in [3.05, 3.63) is 28.6 Å². The number of benzene rings is 1. The molecule has 4 N–H and O–H groups in total. The summed E-state index contributed by atoms with van der Waals surface area (Å²) in [5.74, 6) is 0. The minimum atomic E-state index is -0.111. The number of rotatable bonds is 0. The van der Waals surface area contributed by atoms with E-state index in [0.717, 1.165) is 5.52 Å². The second-order valence-corrected chi connectivity index (χ2v) is 2.38. The lowest BCUT2D eigenvalue weighted by atomic mass is 10.2. The maximum absolute atomic E-state index is 11.0. The van der Waals surface area contributed by atoms with E-state index >= 15 is 0 Å². The Bertz CT molecular complexity index is 448. The molecule has 0 unspecified atom stereocenters. The normalized spacial score (nSPS) is 8.92. The summed E-state index contributed by atoms with van der Waals surface area (Å²) in [6.07, 6.45) is 0. The van der Waals surface area contributed by atoms with Crippen molar-refractivity contribution >= 4 is 41.4 Å². The van der Waals surface area contributed by atoms with E-state index in [4.69, 9.17) is 5.73 Å². The zero-order chi connectivity index (χ0) is 7.84. The van der Waals surface area contributed by atoms with Gasteiger partial charge in [-0.05, 0) is 18.2 Å². The number of halogens is 2. The molecule has 1 aromatic carbocycles. The molecule has 2 rings (SSSR count). The van der Waals surface area contributed by atoms with Gasteiger partial charge in [-0.25, -0.2) is 0 Å². The smallest absolute Gasteiger partial charge is 0.271 e. The van der Waals surface area contributed by atoms with Gasteiger partial charge in [-0.2, -0.15) is 0 Å². The quantitative estimate of drug-likeness (QED) is 0.587. The van der Waals surface area contributed by atoms with E-state index in [9.17, 15) is 4.79 Å². The van der Waals surface area contributed by atoms with E-state index in [0.29, 0.717) is 11.1 Å². The number of aromatic amines is 2.